The van der Waals surface area contributed by atoms with Gasteiger partial charge in [-0.15, -0.1) is 11.3 Å². The van der Waals surface area contributed by atoms with Crippen molar-refractivity contribution in [1.82, 2.24) is 15.1 Å². The highest BCUT2D eigenvalue weighted by molar-refractivity contribution is 7.18. The van der Waals surface area contributed by atoms with Crippen LogP contribution in [0.5, 0.6) is 0 Å². The predicted molar refractivity (Wildman–Crippen MR) is 148 cm³/mol. The number of hydrogen-bond donors (Lipinski definition) is 1. The average Bonchev–Trinajstić information content (AvgIpc) is 3.51. The molecule has 0 aliphatic heterocycles. The molecule has 206 valence electrons. The lowest BCUT2D eigenvalue weighted by Gasteiger charge is -2.41. The van der Waals surface area contributed by atoms with Crippen LogP contribution < -0.4 is 0 Å². The van der Waals surface area contributed by atoms with Gasteiger partial charge in [0.15, 0.2) is 5.82 Å². The smallest absolute Gasteiger partial charge is 0.151 e. The van der Waals surface area contributed by atoms with E-state index in [1.54, 1.807) is 6.07 Å². The largest absolute Gasteiger partial charge is 0.382 e. The lowest BCUT2D eigenvalue weighted by Crippen LogP contribution is -2.45. The van der Waals surface area contributed by atoms with Crippen molar-refractivity contribution in [2.24, 2.45) is 17.8 Å². The number of aliphatic hydroxyl groups is 1. The van der Waals surface area contributed by atoms with Crippen LogP contribution in [0, 0.1) is 34.9 Å². The van der Waals surface area contributed by atoms with Crippen LogP contribution in [0.15, 0.2) is 29.0 Å². The minimum absolute atomic E-state index is 0.0840. The number of rotatable bonds is 6. The molecule has 1 N–H and O–H groups in total. The monoisotopic (exact) mass is 598 g/mol. The highest BCUT2D eigenvalue weighted by atomic mass is 35.5. The molecule has 11 heteroatoms. The molecule has 0 radical (unpaired) electrons. The van der Waals surface area contributed by atoms with Crippen molar-refractivity contribution >= 4 is 44.8 Å². The number of nitriles is 1. The Balaban J connectivity index is 1.16. The van der Waals surface area contributed by atoms with E-state index in [0.29, 0.717) is 56.4 Å². The van der Waals surface area contributed by atoms with Crippen LogP contribution in [-0.4, -0.2) is 26.3 Å². The van der Waals surface area contributed by atoms with Crippen LogP contribution in [-0.2, 0) is 16.9 Å². The SMILES string of the molecule is C[C@H]1C[C@@H]2C[C@@H](OCc3c(-c4c(Cl)cncc4Cl)noc3C3CC3)C[C@H]1[C@]2(O)c1nc2c(F)cc(C#N)cc2s1. The Hall–Kier alpha value is -2.61. The quantitative estimate of drug-likeness (QED) is 0.247. The summed E-state index contributed by atoms with van der Waals surface area (Å²) in [5.41, 5.74) is 1.31. The molecule has 5 atom stereocenters. The number of thiazole rings is 1. The molecule has 3 aliphatic carbocycles. The molecule has 3 aromatic heterocycles. The third-order valence-corrected chi connectivity index (χ3v) is 10.6. The maximum Gasteiger partial charge on any atom is 0.151 e. The van der Waals surface area contributed by atoms with Crippen molar-refractivity contribution in [3.8, 4) is 17.3 Å². The van der Waals surface area contributed by atoms with Crippen LogP contribution in [0.25, 0.3) is 21.5 Å². The molecular weight excluding hydrogens is 574 g/mol. The number of nitrogens with zero attached hydrogens (tertiary/aromatic N) is 4. The first-order valence-corrected chi connectivity index (χ1v) is 15.0. The van der Waals surface area contributed by atoms with E-state index < -0.39 is 11.4 Å². The Bertz CT molecular complexity index is 1660. The molecule has 0 saturated heterocycles. The van der Waals surface area contributed by atoms with Crippen molar-refractivity contribution in [2.75, 3.05) is 0 Å². The highest BCUT2D eigenvalue weighted by Gasteiger charge is 2.59. The van der Waals surface area contributed by atoms with Gasteiger partial charge in [-0.2, -0.15) is 5.26 Å². The topological polar surface area (TPSA) is 105 Å². The van der Waals surface area contributed by atoms with E-state index in [2.05, 4.69) is 22.0 Å². The molecule has 1 aromatic carbocycles. The first kappa shape index (κ1) is 26.3. The average molecular weight is 600 g/mol. The van der Waals surface area contributed by atoms with Crippen LogP contribution in [0.4, 0.5) is 4.39 Å². The Kier molecular flexibility index (Phi) is 6.41. The highest BCUT2D eigenvalue weighted by Crippen LogP contribution is 2.59. The summed E-state index contributed by atoms with van der Waals surface area (Å²) in [6.45, 7) is 2.44. The second-order valence-electron chi connectivity index (χ2n) is 11.3. The molecule has 3 saturated carbocycles. The van der Waals surface area contributed by atoms with Crippen LogP contribution in [0.1, 0.15) is 66.8 Å². The zero-order chi connectivity index (χ0) is 27.8. The number of aromatic nitrogens is 3. The third kappa shape index (κ3) is 4.15. The number of hydrogen-bond acceptors (Lipinski definition) is 8. The van der Waals surface area contributed by atoms with Crippen LogP contribution in [0.3, 0.4) is 0 Å². The van der Waals surface area contributed by atoms with Gasteiger partial charge in [0.2, 0.25) is 0 Å². The fourth-order valence-electron chi connectivity index (χ4n) is 6.77. The molecule has 3 fully saturated rings. The van der Waals surface area contributed by atoms with Crippen molar-refractivity contribution in [1.29, 1.82) is 5.26 Å². The first-order valence-electron chi connectivity index (χ1n) is 13.4. The van der Waals surface area contributed by atoms with E-state index >= 15 is 0 Å². The number of halogens is 3. The second kappa shape index (κ2) is 9.74. The van der Waals surface area contributed by atoms with E-state index in [-0.39, 0.29) is 34.9 Å². The summed E-state index contributed by atoms with van der Waals surface area (Å²) in [4.78, 5) is 8.62. The van der Waals surface area contributed by atoms with Gasteiger partial charge in [0.1, 0.15) is 27.6 Å². The van der Waals surface area contributed by atoms with E-state index in [1.165, 1.54) is 29.8 Å². The van der Waals surface area contributed by atoms with Gasteiger partial charge >= 0.3 is 0 Å². The molecule has 7 rings (SSSR count). The maximum atomic E-state index is 14.7. The molecule has 2 bridgehead atoms. The molecule has 0 spiro atoms. The number of fused-ring (bicyclic) bond motifs is 3. The minimum atomic E-state index is -1.16. The summed E-state index contributed by atoms with van der Waals surface area (Å²) in [5.74, 6) is 0.660. The fourth-order valence-corrected chi connectivity index (χ4v) is 8.57. The summed E-state index contributed by atoms with van der Waals surface area (Å²) in [5, 5.41) is 27.0. The van der Waals surface area contributed by atoms with E-state index in [9.17, 15) is 14.8 Å². The third-order valence-electron chi connectivity index (χ3n) is 8.84. The first-order chi connectivity index (χ1) is 19.3. The predicted octanol–water partition coefficient (Wildman–Crippen LogP) is 7.38. The summed E-state index contributed by atoms with van der Waals surface area (Å²) in [7, 11) is 0. The van der Waals surface area contributed by atoms with Gasteiger partial charge in [-0.3, -0.25) is 4.98 Å². The number of benzene rings is 1. The van der Waals surface area contributed by atoms with E-state index in [0.717, 1.165) is 30.6 Å². The van der Waals surface area contributed by atoms with Crippen LogP contribution >= 0.6 is 34.5 Å². The van der Waals surface area contributed by atoms with E-state index in [1.807, 2.05) is 6.07 Å². The molecule has 0 amide bonds. The van der Waals surface area contributed by atoms with E-state index in [4.69, 9.17) is 32.5 Å². The Morgan fingerprint density at radius 1 is 1.23 bits per heavy atom. The standard InChI is InChI=1S/C29H25Cl2FN4O3S/c1-13-4-16-7-17(8-19(13)29(16,37)28-35-26-22(32)5-14(9-33)6-23(26)40-28)38-12-18-25(36-39-27(18)15-2-3-15)24-20(30)10-34-11-21(24)31/h5-6,10-11,13,15-17,19,37H,2-4,7-8,12H2,1H3/t13-,16+,17+,19+,29-/m0/s1. The molecule has 3 heterocycles. The summed E-state index contributed by atoms with van der Waals surface area (Å²) < 4.78 is 27.6. The van der Waals surface area contributed by atoms with Crippen molar-refractivity contribution < 1.29 is 18.8 Å². The maximum absolute atomic E-state index is 14.7. The van der Waals surface area contributed by atoms with Gasteiger partial charge < -0.3 is 14.4 Å². The molecular formula is C29H25Cl2FN4O3S. The second-order valence-corrected chi connectivity index (χ2v) is 13.2. The zero-order valence-corrected chi connectivity index (χ0v) is 23.9. The molecule has 40 heavy (non-hydrogen) atoms. The Morgan fingerprint density at radius 3 is 2.70 bits per heavy atom. The molecule has 4 aromatic rings. The van der Waals surface area contributed by atoms with Gasteiger partial charge in [0, 0.05) is 29.4 Å². The normalized spacial score (nSPS) is 27.8. The minimum Gasteiger partial charge on any atom is -0.382 e. The van der Waals surface area contributed by atoms with Gasteiger partial charge in [-0.25, -0.2) is 9.37 Å². The van der Waals surface area contributed by atoms with Gasteiger partial charge in [0.25, 0.3) is 0 Å². The Labute approximate surface area is 243 Å². The molecule has 0 unspecified atom stereocenters. The van der Waals surface area contributed by atoms with Crippen molar-refractivity contribution in [3.63, 3.8) is 0 Å². The van der Waals surface area contributed by atoms with Crippen molar-refractivity contribution in [3.05, 3.63) is 62.3 Å². The van der Waals surface area contributed by atoms with Gasteiger partial charge in [-0.05, 0) is 62.0 Å². The lowest BCUT2D eigenvalue weighted by molar-refractivity contribution is -0.120. The fraction of sp³-hybridized carbons (Fsp3) is 0.448. The lowest BCUT2D eigenvalue weighted by atomic mass is 9.72. The summed E-state index contributed by atoms with van der Waals surface area (Å²) in [6, 6.07) is 4.82. The van der Waals surface area contributed by atoms with Crippen molar-refractivity contribution in [2.45, 2.75) is 63.3 Å². The zero-order valence-electron chi connectivity index (χ0n) is 21.5. The summed E-state index contributed by atoms with van der Waals surface area (Å²) in [6.07, 6.45) is 7.18. The molecule has 7 nitrogen and oxygen atoms in total. The van der Waals surface area contributed by atoms with Gasteiger partial charge in [0.05, 0.1) is 39.1 Å². The van der Waals surface area contributed by atoms with Gasteiger partial charge in [-0.1, -0.05) is 35.3 Å². The summed E-state index contributed by atoms with van der Waals surface area (Å²) >= 11 is 14.2. The molecule has 3 aliphatic rings. The Morgan fingerprint density at radius 2 is 2.00 bits per heavy atom. The number of ether oxygens (including phenoxy) is 1. The number of pyridine rings is 1. The van der Waals surface area contributed by atoms with Crippen LogP contribution in [0.2, 0.25) is 10.0 Å².